The van der Waals surface area contributed by atoms with Crippen LogP contribution < -0.4 is 15.5 Å². The van der Waals surface area contributed by atoms with E-state index >= 15 is 0 Å². The molecule has 0 aromatic heterocycles. The topological polar surface area (TPSA) is 52.1 Å². The minimum Gasteiger partial charge on any atom is -0.378 e. The number of hydrogen-bond donors (Lipinski definition) is 2. The highest BCUT2D eigenvalue weighted by Crippen LogP contribution is 2.22. The molecule has 6 nitrogen and oxygen atoms in total. The van der Waals surface area contributed by atoms with Gasteiger partial charge in [-0.25, -0.2) is 9.38 Å². The maximum Gasteiger partial charge on any atom is 0.191 e. The van der Waals surface area contributed by atoms with E-state index in [-0.39, 0.29) is 29.8 Å². The largest absolute Gasteiger partial charge is 0.378 e. The first-order valence-corrected chi connectivity index (χ1v) is 10.9. The van der Waals surface area contributed by atoms with E-state index in [0.29, 0.717) is 43.4 Å². The van der Waals surface area contributed by atoms with Crippen molar-refractivity contribution in [3.05, 3.63) is 29.6 Å². The highest BCUT2D eigenvalue weighted by atomic mass is 127. The van der Waals surface area contributed by atoms with Crippen molar-refractivity contribution in [2.75, 3.05) is 50.8 Å². The molecule has 2 fully saturated rings. The lowest BCUT2D eigenvalue weighted by Crippen LogP contribution is -2.46. The van der Waals surface area contributed by atoms with Crippen LogP contribution in [0.25, 0.3) is 0 Å². The van der Waals surface area contributed by atoms with Crippen LogP contribution in [-0.4, -0.2) is 68.9 Å². The van der Waals surface area contributed by atoms with Gasteiger partial charge in [-0.3, -0.25) is 4.90 Å². The third-order valence-corrected chi connectivity index (χ3v) is 5.82. The van der Waals surface area contributed by atoms with Crippen LogP contribution in [0.5, 0.6) is 0 Å². The number of hydrogen-bond acceptors (Lipinski definition) is 4. The van der Waals surface area contributed by atoms with E-state index in [1.54, 1.807) is 6.07 Å². The van der Waals surface area contributed by atoms with E-state index in [1.807, 2.05) is 17.0 Å². The lowest BCUT2D eigenvalue weighted by molar-refractivity contribution is 0.122. The Morgan fingerprint density at radius 3 is 2.60 bits per heavy atom. The standard InChI is InChI=1S/C22H36FN5O.HI/c1-5-24-22(26-20-15-28(16(2)3)14-17(20)4)25-13-18-6-7-21(19(23)12-18)27-8-10-29-11-9-27;/h6-7,12,16-17,20H,5,8-11,13-15H2,1-4H3,(H2,24,25,26);1H. The summed E-state index contributed by atoms with van der Waals surface area (Å²) in [5, 5.41) is 6.91. The number of rotatable bonds is 6. The SMILES string of the molecule is CCNC(=NCc1ccc(N2CCOCC2)c(F)c1)NC1CN(C(C)C)CC1C.I. The first kappa shape index (κ1) is 25.1. The molecule has 1 aromatic rings. The Bertz CT molecular complexity index is 696. The quantitative estimate of drug-likeness (QED) is 0.335. The van der Waals surface area contributed by atoms with Gasteiger partial charge >= 0.3 is 0 Å². The summed E-state index contributed by atoms with van der Waals surface area (Å²) in [6.07, 6.45) is 0. The van der Waals surface area contributed by atoms with Gasteiger partial charge in [0.05, 0.1) is 25.4 Å². The second-order valence-electron chi connectivity index (χ2n) is 8.36. The van der Waals surface area contributed by atoms with Crippen LogP contribution in [0.3, 0.4) is 0 Å². The number of anilines is 1. The minimum absolute atomic E-state index is 0. The molecule has 1 aromatic carbocycles. The molecule has 0 bridgehead atoms. The van der Waals surface area contributed by atoms with Gasteiger partial charge in [0.1, 0.15) is 5.82 Å². The van der Waals surface area contributed by atoms with Crippen LogP contribution >= 0.6 is 24.0 Å². The number of nitrogens with zero attached hydrogens (tertiary/aromatic N) is 3. The van der Waals surface area contributed by atoms with Crippen LogP contribution in [0, 0.1) is 11.7 Å². The van der Waals surface area contributed by atoms with E-state index in [9.17, 15) is 4.39 Å². The number of benzene rings is 1. The number of aliphatic imine (C=N–C) groups is 1. The zero-order valence-electron chi connectivity index (χ0n) is 18.7. The smallest absolute Gasteiger partial charge is 0.191 e. The molecule has 2 saturated heterocycles. The maximum atomic E-state index is 14.6. The highest BCUT2D eigenvalue weighted by Gasteiger charge is 2.31. The van der Waals surface area contributed by atoms with Gasteiger partial charge in [0.25, 0.3) is 0 Å². The predicted molar refractivity (Wildman–Crippen MR) is 132 cm³/mol. The van der Waals surface area contributed by atoms with Crippen LogP contribution in [0.1, 0.15) is 33.3 Å². The van der Waals surface area contributed by atoms with E-state index in [0.717, 1.165) is 44.2 Å². The molecule has 30 heavy (non-hydrogen) atoms. The molecule has 2 atom stereocenters. The molecular formula is C22H37FIN5O. The predicted octanol–water partition coefficient (Wildman–Crippen LogP) is 3.06. The maximum absolute atomic E-state index is 14.6. The Balaban J connectivity index is 0.00000320. The molecule has 8 heteroatoms. The summed E-state index contributed by atoms with van der Waals surface area (Å²) in [5.41, 5.74) is 1.53. The van der Waals surface area contributed by atoms with Crippen LogP contribution in [-0.2, 0) is 11.3 Å². The molecule has 0 spiro atoms. The molecule has 2 unspecified atom stereocenters. The lowest BCUT2D eigenvalue weighted by atomic mass is 10.1. The average Bonchev–Trinajstić information content (AvgIpc) is 3.08. The second kappa shape index (κ2) is 12.0. The third kappa shape index (κ3) is 6.68. The molecule has 170 valence electrons. The first-order valence-electron chi connectivity index (χ1n) is 10.9. The molecule has 0 amide bonds. The number of nitrogens with one attached hydrogen (secondary N) is 2. The van der Waals surface area contributed by atoms with Gasteiger partial charge in [0, 0.05) is 44.8 Å². The Morgan fingerprint density at radius 1 is 1.27 bits per heavy atom. The third-order valence-electron chi connectivity index (χ3n) is 5.82. The molecule has 3 rings (SSSR count). The summed E-state index contributed by atoms with van der Waals surface area (Å²) in [6.45, 7) is 15.0. The van der Waals surface area contributed by atoms with Crippen LogP contribution in [0.4, 0.5) is 10.1 Å². The summed E-state index contributed by atoms with van der Waals surface area (Å²) in [5.74, 6) is 1.17. The molecule has 2 aliphatic heterocycles. The highest BCUT2D eigenvalue weighted by molar-refractivity contribution is 14.0. The fourth-order valence-electron chi connectivity index (χ4n) is 3.99. The van der Waals surface area contributed by atoms with Gasteiger partial charge < -0.3 is 20.3 Å². The van der Waals surface area contributed by atoms with Gasteiger partial charge in [0.2, 0.25) is 0 Å². The number of guanidine groups is 1. The minimum atomic E-state index is -0.186. The number of morpholine rings is 1. The first-order chi connectivity index (χ1) is 14.0. The van der Waals surface area contributed by atoms with Crippen molar-refractivity contribution in [3.8, 4) is 0 Å². The van der Waals surface area contributed by atoms with Gasteiger partial charge in [-0.2, -0.15) is 0 Å². The van der Waals surface area contributed by atoms with Crippen LogP contribution in [0.15, 0.2) is 23.2 Å². The summed E-state index contributed by atoms with van der Waals surface area (Å²) in [6, 6.07) is 6.37. The lowest BCUT2D eigenvalue weighted by Gasteiger charge is -2.29. The average molecular weight is 533 g/mol. The van der Waals surface area contributed by atoms with Gasteiger partial charge in [0.15, 0.2) is 5.96 Å². The zero-order chi connectivity index (χ0) is 20.8. The van der Waals surface area contributed by atoms with Gasteiger partial charge in [-0.05, 0) is 44.4 Å². The van der Waals surface area contributed by atoms with Gasteiger partial charge in [-0.15, -0.1) is 24.0 Å². The monoisotopic (exact) mass is 533 g/mol. The van der Waals surface area contributed by atoms with Crippen molar-refractivity contribution in [1.82, 2.24) is 15.5 Å². The van der Waals surface area contributed by atoms with Crippen LogP contribution in [0.2, 0.25) is 0 Å². The number of likely N-dealkylation sites (tertiary alicyclic amines) is 1. The number of ether oxygens (including phenoxy) is 1. The van der Waals surface area contributed by atoms with Crippen molar-refractivity contribution in [3.63, 3.8) is 0 Å². The second-order valence-corrected chi connectivity index (χ2v) is 8.36. The van der Waals surface area contributed by atoms with Crippen molar-refractivity contribution < 1.29 is 9.13 Å². The summed E-state index contributed by atoms with van der Waals surface area (Å²) in [4.78, 5) is 9.24. The van der Waals surface area contributed by atoms with E-state index in [2.05, 4.69) is 43.2 Å². The van der Waals surface area contributed by atoms with Crippen molar-refractivity contribution in [1.29, 1.82) is 0 Å². The van der Waals surface area contributed by atoms with Crippen molar-refractivity contribution in [2.24, 2.45) is 10.9 Å². The zero-order valence-corrected chi connectivity index (χ0v) is 21.0. The van der Waals surface area contributed by atoms with Gasteiger partial charge in [-0.1, -0.05) is 13.0 Å². The Labute approximate surface area is 197 Å². The fraction of sp³-hybridized carbons (Fsp3) is 0.682. The summed E-state index contributed by atoms with van der Waals surface area (Å²) >= 11 is 0. The van der Waals surface area contributed by atoms with Crippen molar-refractivity contribution >= 4 is 35.6 Å². The Kier molecular flexibility index (Phi) is 10.1. The Morgan fingerprint density at radius 2 is 2.00 bits per heavy atom. The van der Waals surface area contributed by atoms with E-state index < -0.39 is 0 Å². The van der Waals surface area contributed by atoms with Crippen molar-refractivity contribution in [2.45, 2.75) is 46.3 Å². The fourth-order valence-corrected chi connectivity index (χ4v) is 3.99. The van der Waals surface area contributed by atoms with E-state index in [4.69, 9.17) is 9.73 Å². The molecule has 2 heterocycles. The van der Waals surface area contributed by atoms with E-state index in [1.165, 1.54) is 0 Å². The molecule has 0 radical (unpaired) electrons. The molecule has 2 N–H and O–H groups in total. The normalized spacial score (nSPS) is 22.9. The number of halogens is 2. The molecule has 0 aliphatic carbocycles. The summed E-state index contributed by atoms with van der Waals surface area (Å²) < 4.78 is 20.0. The molecule has 0 saturated carbocycles. The Hall–Kier alpha value is -1.13. The molecular weight excluding hydrogens is 496 g/mol. The molecule has 2 aliphatic rings. The summed E-state index contributed by atoms with van der Waals surface area (Å²) in [7, 11) is 0.